The van der Waals surface area contributed by atoms with Crippen LogP contribution < -0.4 is 0 Å². The highest BCUT2D eigenvalue weighted by molar-refractivity contribution is 5.87. The number of likely N-dealkylation sites (tertiary alicyclic amines) is 3. The van der Waals surface area contributed by atoms with Crippen LogP contribution in [0.1, 0.15) is 62.7 Å². The summed E-state index contributed by atoms with van der Waals surface area (Å²) in [4.78, 5) is 33.5. The average Bonchev–Trinajstić information content (AvgIpc) is 3.57. The summed E-state index contributed by atoms with van der Waals surface area (Å²) in [6.45, 7) is 8.36. The molecule has 7 heteroatoms. The smallest absolute Gasteiger partial charge is 0.320 e. The van der Waals surface area contributed by atoms with E-state index in [9.17, 15) is 9.59 Å². The topological polar surface area (TPSA) is 61.7 Å². The van der Waals surface area contributed by atoms with Crippen LogP contribution in [0.25, 0.3) is 0 Å². The van der Waals surface area contributed by atoms with Crippen molar-refractivity contribution < 1.29 is 9.59 Å². The molecule has 0 aliphatic carbocycles. The van der Waals surface area contributed by atoms with Crippen molar-refractivity contribution in [2.24, 2.45) is 5.41 Å². The zero-order valence-electron chi connectivity index (χ0n) is 19.8. The second-order valence-corrected chi connectivity index (χ2v) is 10.2. The Labute approximate surface area is 196 Å². The van der Waals surface area contributed by atoms with Gasteiger partial charge >= 0.3 is 6.03 Å². The molecular weight excluding hydrogens is 414 g/mol. The molecule has 176 valence electrons. The van der Waals surface area contributed by atoms with Crippen molar-refractivity contribution in [1.29, 1.82) is 0 Å². The molecule has 3 aliphatic heterocycles. The van der Waals surface area contributed by atoms with E-state index in [-0.39, 0.29) is 23.9 Å². The lowest BCUT2D eigenvalue weighted by Crippen LogP contribution is -2.52. The van der Waals surface area contributed by atoms with Crippen LogP contribution in [0.2, 0.25) is 0 Å². The minimum absolute atomic E-state index is 0.0416. The van der Waals surface area contributed by atoms with E-state index < -0.39 is 5.41 Å². The van der Waals surface area contributed by atoms with Gasteiger partial charge in [-0.25, -0.2) is 4.79 Å². The van der Waals surface area contributed by atoms with Crippen molar-refractivity contribution >= 4 is 11.9 Å². The maximum Gasteiger partial charge on any atom is 0.320 e. The number of rotatable bonds is 4. The number of carbonyl (C=O) groups is 2. The van der Waals surface area contributed by atoms with Crippen LogP contribution in [0.4, 0.5) is 4.79 Å². The molecule has 1 spiro atoms. The SMILES string of the molecule is CC(C)n1nccc1[C@@H]1CN(C(=O)N2CCCC2)C[C@]12CCCN(Cc1ccccc1)C2=O. The summed E-state index contributed by atoms with van der Waals surface area (Å²) >= 11 is 0. The Bertz CT molecular complexity index is 997. The van der Waals surface area contributed by atoms with Gasteiger partial charge in [-0.05, 0) is 51.2 Å². The fourth-order valence-electron chi connectivity index (χ4n) is 6.11. The Morgan fingerprint density at radius 2 is 1.82 bits per heavy atom. The zero-order chi connectivity index (χ0) is 23.0. The Kier molecular flexibility index (Phi) is 5.89. The van der Waals surface area contributed by atoms with Crippen LogP contribution in [0.15, 0.2) is 42.6 Å². The lowest BCUT2D eigenvalue weighted by Gasteiger charge is -2.42. The van der Waals surface area contributed by atoms with Crippen LogP contribution in [0, 0.1) is 5.41 Å². The molecule has 2 atom stereocenters. The van der Waals surface area contributed by atoms with Crippen LogP contribution in [-0.4, -0.2) is 69.1 Å². The van der Waals surface area contributed by atoms with Crippen molar-refractivity contribution in [3.05, 3.63) is 53.9 Å². The number of hydrogen-bond acceptors (Lipinski definition) is 3. The quantitative estimate of drug-likeness (QED) is 0.712. The van der Waals surface area contributed by atoms with Gasteiger partial charge in [0.2, 0.25) is 5.91 Å². The highest BCUT2D eigenvalue weighted by atomic mass is 16.2. The normalized spacial score (nSPS) is 25.6. The third-order valence-corrected chi connectivity index (χ3v) is 7.72. The first kappa shape index (κ1) is 22.0. The number of benzene rings is 1. The Hall–Kier alpha value is -2.83. The summed E-state index contributed by atoms with van der Waals surface area (Å²) in [7, 11) is 0. The molecule has 0 radical (unpaired) electrons. The second-order valence-electron chi connectivity index (χ2n) is 10.2. The van der Waals surface area contributed by atoms with E-state index in [4.69, 9.17) is 0 Å². The molecule has 0 N–H and O–H groups in total. The first-order valence-electron chi connectivity index (χ1n) is 12.4. The van der Waals surface area contributed by atoms with Gasteiger partial charge in [-0.2, -0.15) is 5.10 Å². The summed E-state index contributed by atoms with van der Waals surface area (Å²) in [5.74, 6) is 0.149. The summed E-state index contributed by atoms with van der Waals surface area (Å²) in [5.41, 5.74) is 1.64. The predicted octanol–water partition coefficient (Wildman–Crippen LogP) is 3.89. The lowest BCUT2D eigenvalue weighted by atomic mass is 9.70. The molecule has 3 aliphatic rings. The fourth-order valence-corrected chi connectivity index (χ4v) is 6.11. The molecule has 4 heterocycles. The van der Waals surface area contributed by atoms with E-state index in [1.165, 1.54) is 0 Å². The van der Waals surface area contributed by atoms with E-state index in [0.29, 0.717) is 19.6 Å². The van der Waals surface area contributed by atoms with Crippen molar-refractivity contribution in [3.63, 3.8) is 0 Å². The van der Waals surface area contributed by atoms with Crippen molar-refractivity contribution in [3.8, 4) is 0 Å². The third kappa shape index (κ3) is 3.91. The average molecular weight is 450 g/mol. The van der Waals surface area contributed by atoms with Crippen molar-refractivity contribution in [2.75, 3.05) is 32.7 Å². The van der Waals surface area contributed by atoms with Crippen LogP contribution in [0.5, 0.6) is 0 Å². The van der Waals surface area contributed by atoms with Gasteiger partial charge in [0.15, 0.2) is 0 Å². The minimum Gasteiger partial charge on any atom is -0.338 e. The van der Waals surface area contributed by atoms with E-state index in [0.717, 1.165) is 56.6 Å². The summed E-state index contributed by atoms with van der Waals surface area (Å²) in [6, 6.07) is 12.6. The van der Waals surface area contributed by atoms with Gasteiger partial charge in [-0.15, -0.1) is 0 Å². The molecule has 3 saturated heterocycles. The molecule has 1 aromatic heterocycles. The fraction of sp³-hybridized carbons (Fsp3) is 0.577. The number of nitrogens with zero attached hydrogens (tertiary/aromatic N) is 5. The predicted molar refractivity (Wildman–Crippen MR) is 127 cm³/mol. The van der Waals surface area contributed by atoms with Crippen molar-refractivity contribution in [1.82, 2.24) is 24.5 Å². The number of hydrogen-bond donors (Lipinski definition) is 0. The molecule has 7 nitrogen and oxygen atoms in total. The van der Waals surface area contributed by atoms with Crippen LogP contribution in [-0.2, 0) is 11.3 Å². The Balaban J connectivity index is 1.49. The first-order chi connectivity index (χ1) is 16.0. The highest BCUT2D eigenvalue weighted by Crippen LogP contribution is 2.50. The van der Waals surface area contributed by atoms with E-state index in [1.807, 2.05) is 43.8 Å². The van der Waals surface area contributed by atoms with Gasteiger partial charge < -0.3 is 14.7 Å². The minimum atomic E-state index is -0.588. The van der Waals surface area contributed by atoms with Crippen LogP contribution in [0.3, 0.4) is 0 Å². The maximum atomic E-state index is 14.2. The monoisotopic (exact) mass is 449 g/mol. The molecular formula is C26H35N5O2. The molecule has 3 amide bonds. The molecule has 0 unspecified atom stereocenters. The molecule has 3 fully saturated rings. The molecule has 2 aromatic rings. The summed E-state index contributed by atoms with van der Waals surface area (Å²) in [6.07, 6.45) is 5.74. The third-order valence-electron chi connectivity index (χ3n) is 7.72. The number of urea groups is 1. The largest absolute Gasteiger partial charge is 0.338 e. The number of amides is 3. The van der Waals surface area contributed by atoms with E-state index >= 15 is 0 Å². The maximum absolute atomic E-state index is 14.2. The number of aromatic nitrogens is 2. The molecule has 33 heavy (non-hydrogen) atoms. The standard InChI is InChI=1S/C26H35N5O2/c1-20(2)31-23(11-13-27-31)22-18-30(25(33)28-14-6-7-15-28)19-26(22)12-8-16-29(24(26)32)17-21-9-4-3-5-10-21/h3-5,9-11,13,20,22H,6-8,12,14-19H2,1-2H3/t22-,26+/m0/s1. The lowest BCUT2D eigenvalue weighted by molar-refractivity contribution is -0.147. The van der Waals surface area contributed by atoms with Crippen LogP contribution >= 0.6 is 0 Å². The Morgan fingerprint density at radius 3 is 2.55 bits per heavy atom. The van der Waals surface area contributed by atoms with E-state index in [1.54, 1.807) is 0 Å². The molecule has 0 bridgehead atoms. The summed E-state index contributed by atoms with van der Waals surface area (Å²) in [5, 5.41) is 4.58. The summed E-state index contributed by atoms with van der Waals surface area (Å²) < 4.78 is 2.04. The highest BCUT2D eigenvalue weighted by Gasteiger charge is 2.57. The Morgan fingerprint density at radius 1 is 1.06 bits per heavy atom. The van der Waals surface area contributed by atoms with Gasteiger partial charge in [0.05, 0.1) is 5.41 Å². The number of piperidine rings is 1. The van der Waals surface area contributed by atoms with Gasteiger partial charge in [-0.3, -0.25) is 9.48 Å². The van der Waals surface area contributed by atoms with Gasteiger partial charge in [-0.1, -0.05) is 30.3 Å². The molecule has 5 rings (SSSR count). The van der Waals surface area contributed by atoms with Gasteiger partial charge in [0, 0.05) is 63.1 Å². The first-order valence-corrected chi connectivity index (χ1v) is 12.4. The van der Waals surface area contributed by atoms with Gasteiger partial charge in [0.25, 0.3) is 0 Å². The molecule has 1 aromatic carbocycles. The van der Waals surface area contributed by atoms with Crippen molar-refractivity contribution in [2.45, 2.75) is 58.0 Å². The van der Waals surface area contributed by atoms with E-state index in [2.05, 4.69) is 37.1 Å². The number of carbonyl (C=O) groups excluding carboxylic acids is 2. The zero-order valence-corrected chi connectivity index (χ0v) is 19.8. The second kappa shape index (κ2) is 8.84. The van der Waals surface area contributed by atoms with Gasteiger partial charge in [0.1, 0.15) is 0 Å². The molecule has 0 saturated carbocycles.